The number of nitrogens with zero attached hydrogens (tertiary/aromatic N) is 2. The lowest BCUT2D eigenvalue weighted by molar-refractivity contribution is -0.134. The predicted octanol–water partition coefficient (Wildman–Crippen LogP) is 1.79. The Morgan fingerprint density at radius 2 is 1.92 bits per heavy atom. The van der Waals surface area contributed by atoms with E-state index in [2.05, 4.69) is 33.3 Å². The molecule has 0 spiro atoms. The highest BCUT2D eigenvalue weighted by Crippen LogP contribution is 2.21. The number of piperazine rings is 1. The number of amides is 1. The van der Waals surface area contributed by atoms with Crippen LogP contribution in [0.4, 0.5) is 0 Å². The van der Waals surface area contributed by atoms with E-state index >= 15 is 0 Å². The normalized spacial score (nSPS) is 22.2. The average molecular weight is 357 g/mol. The zero-order valence-electron chi connectivity index (χ0n) is 15.7. The van der Waals surface area contributed by atoms with E-state index in [1.54, 1.807) is 0 Å². The minimum atomic E-state index is 0.345. The summed E-state index contributed by atoms with van der Waals surface area (Å²) in [6, 6.07) is 6.94. The summed E-state index contributed by atoms with van der Waals surface area (Å²) in [5, 5.41) is 3.43. The molecule has 3 heterocycles. The van der Waals surface area contributed by atoms with E-state index in [0.717, 1.165) is 78.3 Å². The molecule has 3 aliphatic heterocycles. The fourth-order valence-corrected chi connectivity index (χ4v) is 4.37. The van der Waals surface area contributed by atoms with Gasteiger partial charge in [0.1, 0.15) is 0 Å². The maximum atomic E-state index is 12.6. The topological polar surface area (TPSA) is 44.8 Å². The molecule has 1 amide bonds. The Kier molecular flexibility index (Phi) is 5.88. The standard InChI is InChI=1S/C21H31N3O2/c25-21(14-17-4-11-26-12-5-17)24-9-7-23(8-10-24)16-18-1-2-20-15-22-6-3-19(20)13-18/h1-2,13,17,22H,3-12,14-16H2. The first-order valence-electron chi connectivity index (χ1n) is 10.2. The van der Waals surface area contributed by atoms with Crippen LogP contribution in [0.2, 0.25) is 0 Å². The molecule has 0 aliphatic carbocycles. The molecule has 3 aliphatic rings. The lowest BCUT2D eigenvalue weighted by Crippen LogP contribution is -2.48. The van der Waals surface area contributed by atoms with Crippen LogP contribution in [0.15, 0.2) is 18.2 Å². The van der Waals surface area contributed by atoms with Crippen molar-refractivity contribution in [3.63, 3.8) is 0 Å². The fraction of sp³-hybridized carbons (Fsp3) is 0.667. The van der Waals surface area contributed by atoms with E-state index in [4.69, 9.17) is 4.74 Å². The Bertz CT molecular complexity index is 620. The highest BCUT2D eigenvalue weighted by Gasteiger charge is 2.24. The van der Waals surface area contributed by atoms with Crippen molar-refractivity contribution < 1.29 is 9.53 Å². The smallest absolute Gasteiger partial charge is 0.222 e. The first kappa shape index (κ1) is 18.0. The molecule has 0 unspecified atom stereocenters. The summed E-state index contributed by atoms with van der Waals surface area (Å²) in [6.45, 7) is 8.45. The van der Waals surface area contributed by atoms with Crippen LogP contribution in [-0.2, 0) is 29.0 Å². The lowest BCUT2D eigenvalue weighted by Gasteiger charge is -2.36. The van der Waals surface area contributed by atoms with Gasteiger partial charge in [-0.25, -0.2) is 0 Å². The number of benzene rings is 1. The fourth-order valence-electron chi connectivity index (χ4n) is 4.37. The summed E-state index contributed by atoms with van der Waals surface area (Å²) in [7, 11) is 0. The van der Waals surface area contributed by atoms with Gasteiger partial charge in [-0.05, 0) is 48.4 Å². The summed E-state index contributed by atoms with van der Waals surface area (Å²) < 4.78 is 5.40. The monoisotopic (exact) mass is 357 g/mol. The van der Waals surface area contributed by atoms with Crippen molar-refractivity contribution in [2.75, 3.05) is 45.9 Å². The van der Waals surface area contributed by atoms with Crippen molar-refractivity contribution in [1.29, 1.82) is 0 Å². The molecule has 2 fully saturated rings. The molecule has 26 heavy (non-hydrogen) atoms. The zero-order chi connectivity index (χ0) is 17.8. The Morgan fingerprint density at radius 1 is 1.12 bits per heavy atom. The third kappa shape index (κ3) is 4.45. The van der Waals surface area contributed by atoms with Crippen LogP contribution in [0, 0.1) is 5.92 Å². The first-order chi connectivity index (χ1) is 12.8. The largest absolute Gasteiger partial charge is 0.381 e. The van der Waals surface area contributed by atoms with Crippen LogP contribution in [0.5, 0.6) is 0 Å². The van der Waals surface area contributed by atoms with Gasteiger partial charge >= 0.3 is 0 Å². The molecule has 4 rings (SSSR count). The molecular formula is C21H31N3O2. The molecule has 1 aromatic carbocycles. The van der Waals surface area contributed by atoms with E-state index < -0.39 is 0 Å². The molecule has 5 heteroatoms. The number of fused-ring (bicyclic) bond motifs is 1. The quantitative estimate of drug-likeness (QED) is 0.892. The second-order valence-corrected chi connectivity index (χ2v) is 7.95. The molecule has 1 N–H and O–H groups in total. The molecule has 0 bridgehead atoms. The van der Waals surface area contributed by atoms with Gasteiger partial charge in [-0.1, -0.05) is 18.2 Å². The van der Waals surface area contributed by atoms with Crippen LogP contribution in [-0.4, -0.2) is 61.6 Å². The third-order valence-electron chi connectivity index (χ3n) is 6.09. The number of rotatable bonds is 4. The second kappa shape index (κ2) is 8.51. The van der Waals surface area contributed by atoms with Gasteiger partial charge in [-0.3, -0.25) is 9.69 Å². The van der Waals surface area contributed by atoms with Crippen molar-refractivity contribution in [2.45, 2.75) is 38.8 Å². The van der Waals surface area contributed by atoms with Crippen molar-refractivity contribution in [3.05, 3.63) is 34.9 Å². The van der Waals surface area contributed by atoms with E-state index in [1.807, 2.05) is 0 Å². The van der Waals surface area contributed by atoms with Crippen LogP contribution in [0.25, 0.3) is 0 Å². The van der Waals surface area contributed by atoms with Gasteiger partial charge in [0.25, 0.3) is 0 Å². The summed E-state index contributed by atoms with van der Waals surface area (Å²) in [5.41, 5.74) is 4.36. The van der Waals surface area contributed by atoms with E-state index in [-0.39, 0.29) is 0 Å². The summed E-state index contributed by atoms with van der Waals surface area (Å²) in [4.78, 5) is 17.1. The van der Waals surface area contributed by atoms with Gasteiger partial charge in [0.05, 0.1) is 0 Å². The SMILES string of the molecule is O=C(CC1CCOCC1)N1CCN(Cc2ccc3c(c2)CCNC3)CC1. The van der Waals surface area contributed by atoms with Crippen LogP contribution < -0.4 is 5.32 Å². The van der Waals surface area contributed by atoms with E-state index in [9.17, 15) is 4.79 Å². The molecule has 0 saturated carbocycles. The molecule has 0 radical (unpaired) electrons. The lowest BCUT2D eigenvalue weighted by atomic mass is 9.96. The van der Waals surface area contributed by atoms with Gasteiger partial charge in [-0.2, -0.15) is 0 Å². The van der Waals surface area contributed by atoms with Crippen LogP contribution in [0.1, 0.15) is 36.0 Å². The summed E-state index contributed by atoms with van der Waals surface area (Å²) in [5.74, 6) is 0.872. The number of carbonyl (C=O) groups excluding carboxylic acids is 1. The van der Waals surface area contributed by atoms with Crippen molar-refractivity contribution >= 4 is 5.91 Å². The molecule has 0 aromatic heterocycles. The summed E-state index contributed by atoms with van der Waals surface area (Å²) in [6.07, 6.45) is 3.93. The van der Waals surface area contributed by atoms with Crippen molar-refractivity contribution in [3.8, 4) is 0 Å². The average Bonchev–Trinajstić information content (AvgIpc) is 2.69. The maximum absolute atomic E-state index is 12.6. The van der Waals surface area contributed by atoms with Crippen LogP contribution in [0.3, 0.4) is 0 Å². The Hall–Kier alpha value is -1.43. The molecule has 142 valence electrons. The first-order valence-corrected chi connectivity index (χ1v) is 10.2. The van der Waals surface area contributed by atoms with Gasteiger partial charge in [-0.15, -0.1) is 0 Å². The second-order valence-electron chi connectivity index (χ2n) is 7.95. The van der Waals surface area contributed by atoms with E-state index in [1.165, 1.54) is 16.7 Å². The van der Waals surface area contributed by atoms with Gasteiger partial charge in [0.15, 0.2) is 0 Å². The number of ether oxygens (including phenoxy) is 1. The van der Waals surface area contributed by atoms with Crippen molar-refractivity contribution in [1.82, 2.24) is 15.1 Å². The Balaban J connectivity index is 1.25. The van der Waals surface area contributed by atoms with Crippen molar-refractivity contribution in [2.24, 2.45) is 5.92 Å². The van der Waals surface area contributed by atoms with Gasteiger partial charge in [0.2, 0.25) is 5.91 Å². The van der Waals surface area contributed by atoms with Gasteiger partial charge < -0.3 is 15.0 Å². The number of hydrogen-bond donors (Lipinski definition) is 1. The summed E-state index contributed by atoms with van der Waals surface area (Å²) >= 11 is 0. The molecular weight excluding hydrogens is 326 g/mol. The highest BCUT2D eigenvalue weighted by atomic mass is 16.5. The maximum Gasteiger partial charge on any atom is 0.222 e. The number of carbonyl (C=O) groups is 1. The Labute approximate surface area is 156 Å². The number of hydrogen-bond acceptors (Lipinski definition) is 4. The molecule has 2 saturated heterocycles. The Morgan fingerprint density at radius 3 is 2.73 bits per heavy atom. The number of nitrogens with one attached hydrogen (secondary N) is 1. The minimum Gasteiger partial charge on any atom is -0.381 e. The highest BCUT2D eigenvalue weighted by molar-refractivity contribution is 5.76. The molecule has 5 nitrogen and oxygen atoms in total. The van der Waals surface area contributed by atoms with Gasteiger partial charge in [0, 0.05) is 58.9 Å². The third-order valence-corrected chi connectivity index (χ3v) is 6.09. The zero-order valence-corrected chi connectivity index (χ0v) is 15.7. The predicted molar refractivity (Wildman–Crippen MR) is 102 cm³/mol. The molecule has 1 aromatic rings. The van der Waals surface area contributed by atoms with Crippen LogP contribution >= 0.6 is 0 Å². The molecule has 0 atom stereocenters. The minimum absolute atomic E-state index is 0.345. The van der Waals surface area contributed by atoms with E-state index in [0.29, 0.717) is 18.2 Å².